The average Bonchev–Trinajstić information content (AvgIpc) is 2.60. The SMILES string of the molecule is Cc1cccc2c1sc1c(C)cncc12. The number of nitrogens with zero attached hydrogens (tertiary/aromatic N) is 1. The van der Waals surface area contributed by atoms with Crippen molar-refractivity contribution in [3.8, 4) is 0 Å². The lowest BCUT2D eigenvalue weighted by molar-refractivity contribution is 1.32. The van der Waals surface area contributed by atoms with Crippen molar-refractivity contribution in [2.45, 2.75) is 13.8 Å². The molecule has 1 nitrogen and oxygen atoms in total. The summed E-state index contributed by atoms with van der Waals surface area (Å²) in [5.41, 5.74) is 2.63. The zero-order chi connectivity index (χ0) is 10.4. The molecular weight excluding hydrogens is 202 g/mol. The van der Waals surface area contributed by atoms with Gasteiger partial charge >= 0.3 is 0 Å². The van der Waals surface area contributed by atoms with Gasteiger partial charge in [0.05, 0.1) is 0 Å². The van der Waals surface area contributed by atoms with Crippen LogP contribution in [-0.4, -0.2) is 4.98 Å². The number of aryl methyl sites for hydroxylation is 2. The standard InChI is InChI=1S/C13H11NS/c1-8-4-3-5-10-11-7-14-6-9(2)13(11)15-12(8)10/h3-7H,1-2H3. The van der Waals surface area contributed by atoms with Crippen LogP contribution in [0.4, 0.5) is 0 Å². The van der Waals surface area contributed by atoms with Crippen molar-refractivity contribution in [1.82, 2.24) is 4.98 Å². The maximum atomic E-state index is 4.27. The third-order valence-corrected chi connectivity index (χ3v) is 4.27. The lowest BCUT2D eigenvalue weighted by Gasteiger charge is -1.94. The Kier molecular flexibility index (Phi) is 1.80. The monoisotopic (exact) mass is 213 g/mol. The van der Waals surface area contributed by atoms with Gasteiger partial charge in [-0.15, -0.1) is 11.3 Å². The molecule has 3 rings (SSSR count). The number of hydrogen-bond acceptors (Lipinski definition) is 2. The highest BCUT2D eigenvalue weighted by Crippen LogP contribution is 2.36. The molecule has 0 spiro atoms. The van der Waals surface area contributed by atoms with Crippen molar-refractivity contribution >= 4 is 31.5 Å². The summed E-state index contributed by atoms with van der Waals surface area (Å²) in [4.78, 5) is 4.27. The second kappa shape index (κ2) is 3.04. The molecule has 1 aromatic carbocycles. The topological polar surface area (TPSA) is 12.9 Å². The molecule has 2 heteroatoms. The quantitative estimate of drug-likeness (QED) is 0.548. The van der Waals surface area contributed by atoms with Gasteiger partial charge in [-0.25, -0.2) is 0 Å². The van der Waals surface area contributed by atoms with Crippen LogP contribution >= 0.6 is 11.3 Å². The fraction of sp³-hybridized carbons (Fsp3) is 0.154. The fourth-order valence-corrected chi connectivity index (χ4v) is 3.19. The summed E-state index contributed by atoms with van der Waals surface area (Å²) in [7, 11) is 0. The Morgan fingerprint density at radius 2 is 1.73 bits per heavy atom. The summed E-state index contributed by atoms with van der Waals surface area (Å²) in [6, 6.07) is 6.47. The molecule has 3 aromatic rings. The van der Waals surface area contributed by atoms with Gasteiger partial charge in [0.1, 0.15) is 0 Å². The molecule has 2 heterocycles. The van der Waals surface area contributed by atoms with E-state index in [9.17, 15) is 0 Å². The van der Waals surface area contributed by atoms with Crippen LogP contribution in [0.2, 0.25) is 0 Å². The summed E-state index contributed by atoms with van der Waals surface area (Å²) in [5.74, 6) is 0. The van der Waals surface area contributed by atoms with Gasteiger partial charge in [0.25, 0.3) is 0 Å². The molecule has 0 N–H and O–H groups in total. The number of hydrogen-bond donors (Lipinski definition) is 0. The largest absolute Gasteiger partial charge is 0.264 e. The number of thiophene rings is 1. The summed E-state index contributed by atoms with van der Waals surface area (Å²) < 4.78 is 2.76. The molecule has 0 unspecified atom stereocenters. The molecule has 0 fully saturated rings. The third-order valence-electron chi connectivity index (χ3n) is 2.78. The Balaban J connectivity index is 2.63. The zero-order valence-corrected chi connectivity index (χ0v) is 9.56. The first-order chi connectivity index (χ1) is 7.27. The molecule has 0 radical (unpaired) electrons. The Morgan fingerprint density at radius 1 is 0.933 bits per heavy atom. The summed E-state index contributed by atoms with van der Waals surface area (Å²) in [6.45, 7) is 4.29. The molecule has 74 valence electrons. The van der Waals surface area contributed by atoms with Gasteiger partial charge in [0.15, 0.2) is 0 Å². The smallest absolute Gasteiger partial charge is 0.0415 e. The summed E-state index contributed by atoms with van der Waals surface area (Å²) in [5, 5.41) is 2.63. The Morgan fingerprint density at radius 3 is 2.60 bits per heavy atom. The Bertz CT molecular complexity index is 596. The number of rotatable bonds is 0. The van der Waals surface area contributed by atoms with Crippen molar-refractivity contribution < 1.29 is 0 Å². The predicted octanol–water partition coefficient (Wildman–Crippen LogP) is 4.07. The first kappa shape index (κ1) is 8.86. The molecule has 0 atom stereocenters. The lowest BCUT2D eigenvalue weighted by Crippen LogP contribution is -1.75. The molecule has 2 aromatic heterocycles. The summed E-state index contributed by atoms with van der Waals surface area (Å²) in [6.07, 6.45) is 3.91. The van der Waals surface area contributed by atoms with Gasteiger partial charge in [-0.1, -0.05) is 18.2 Å². The van der Waals surface area contributed by atoms with Crippen LogP contribution in [0.5, 0.6) is 0 Å². The third kappa shape index (κ3) is 1.18. The minimum absolute atomic E-state index is 1.27. The van der Waals surface area contributed by atoms with Gasteiger partial charge in [0, 0.05) is 32.6 Å². The Hall–Kier alpha value is -1.41. The van der Waals surface area contributed by atoms with Crippen LogP contribution in [0.25, 0.3) is 20.2 Å². The van der Waals surface area contributed by atoms with E-state index in [1.807, 2.05) is 23.7 Å². The Labute approximate surface area is 92.4 Å². The van der Waals surface area contributed by atoms with E-state index in [0.717, 1.165) is 0 Å². The van der Waals surface area contributed by atoms with Gasteiger partial charge in [-0.05, 0) is 25.0 Å². The van der Waals surface area contributed by atoms with Crippen molar-refractivity contribution in [2.75, 3.05) is 0 Å². The zero-order valence-electron chi connectivity index (χ0n) is 8.74. The second-order valence-corrected chi connectivity index (χ2v) is 4.91. The van der Waals surface area contributed by atoms with E-state index in [0.29, 0.717) is 0 Å². The second-order valence-electron chi connectivity index (χ2n) is 3.89. The van der Waals surface area contributed by atoms with E-state index in [-0.39, 0.29) is 0 Å². The highest BCUT2D eigenvalue weighted by molar-refractivity contribution is 7.26. The summed E-state index contributed by atoms with van der Waals surface area (Å²) >= 11 is 1.87. The average molecular weight is 213 g/mol. The van der Waals surface area contributed by atoms with Crippen molar-refractivity contribution in [3.63, 3.8) is 0 Å². The lowest BCUT2D eigenvalue weighted by atomic mass is 10.1. The van der Waals surface area contributed by atoms with Crippen LogP contribution < -0.4 is 0 Å². The molecule has 0 bridgehead atoms. The predicted molar refractivity (Wildman–Crippen MR) is 66.6 cm³/mol. The maximum Gasteiger partial charge on any atom is 0.0415 e. The first-order valence-corrected chi connectivity index (χ1v) is 5.81. The highest BCUT2D eigenvalue weighted by atomic mass is 32.1. The van der Waals surface area contributed by atoms with Gasteiger partial charge in [-0.2, -0.15) is 0 Å². The van der Waals surface area contributed by atoms with Gasteiger partial charge in [-0.3, -0.25) is 4.98 Å². The minimum Gasteiger partial charge on any atom is -0.264 e. The molecule has 0 aliphatic carbocycles. The van der Waals surface area contributed by atoms with Crippen LogP contribution in [0.1, 0.15) is 11.1 Å². The maximum absolute atomic E-state index is 4.27. The van der Waals surface area contributed by atoms with Crippen LogP contribution in [0.15, 0.2) is 30.6 Å². The number of benzene rings is 1. The molecule has 0 amide bonds. The van der Waals surface area contributed by atoms with E-state index in [1.54, 1.807) is 0 Å². The van der Waals surface area contributed by atoms with E-state index >= 15 is 0 Å². The normalized spacial score (nSPS) is 11.3. The van der Waals surface area contributed by atoms with Gasteiger partial charge < -0.3 is 0 Å². The highest BCUT2D eigenvalue weighted by Gasteiger charge is 2.07. The van der Waals surface area contributed by atoms with Crippen molar-refractivity contribution in [1.29, 1.82) is 0 Å². The molecule has 0 aliphatic heterocycles. The van der Waals surface area contributed by atoms with Crippen LogP contribution in [-0.2, 0) is 0 Å². The van der Waals surface area contributed by atoms with Crippen LogP contribution in [0.3, 0.4) is 0 Å². The van der Waals surface area contributed by atoms with E-state index in [4.69, 9.17) is 0 Å². The molecular formula is C13H11NS. The molecule has 0 aliphatic rings. The number of aromatic nitrogens is 1. The van der Waals surface area contributed by atoms with E-state index in [2.05, 4.69) is 37.0 Å². The fourth-order valence-electron chi connectivity index (χ4n) is 1.98. The molecule has 15 heavy (non-hydrogen) atoms. The number of fused-ring (bicyclic) bond motifs is 3. The van der Waals surface area contributed by atoms with Crippen LogP contribution in [0, 0.1) is 13.8 Å². The van der Waals surface area contributed by atoms with Crippen molar-refractivity contribution in [3.05, 3.63) is 41.7 Å². The van der Waals surface area contributed by atoms with Crippen molar-refractivity contribution in [2.24, 2.45) is 0 Å². The van der Waals surface area contributed by atoms with Gasteiger partial charge in [0.2, 0.25) is 0 Å². The minimum atomic E-state index is 1.27. The van der Waals surface area contributed by atoms with E-state index < -0.39 is 0 Å². The molecule has 0 saturated carbocycles. The van der Waals surface area contributed by atoms with E-state index in [1.165, 1.54) is 31.3 Å². The number of pyridine rings is 1. The first-order valence-electron chi connectivity index (χ1n) is 5.00. The molecule has 0 saturated heterocycles.